The second kappa shape index (κ2) is 4.64. The molecule has 1 aromatic rings. The van der Waals surface area contributed by atoms with Gasteiger partial charge in [0.05, 0.1) is 11.6 Å². The van der Waals surface area contributed by atoms with Crippen LogP contribution in [0, 0.1) is 0 Å². The summed E-state index contributed by atoms with van der Waals surface area (Å²) in [6, 6.07) is 2.68. The largest absolute Gasteiger partial charge is 0.465 e. The molecule has 7 heteroatoms. The summed E-state index contributed by atoms with van der Waals surface area (Å²) in [5.74, 6) is 0. The maximum absolute atomic E-state index is 12.7. The summed E-state index contributed by atoms with van der Waals surface area (Å²) in [6.07, 6.45) is -4.48. The highest BCUT2D eigenvalue weighted by Gasteiger charge is 2.34. The predicted octanol–water partition coefficient (Wildman–Crippen LogP) is 3.10. The molecular formula is C12H13F3N2O2. The van der Waals surface area contributed by atoms with Gasteiger partial charge in [0.2, 0.25) is 0 Å². The van der Waals surface area contributed by atoms with Crippen molar-refractivity contribution in [2.24, 2.45) is 0 Å². The Hall–Kier alpha value is -1.92. The van der Waals surface area contributed by atoms with Gasteiger partial charge in [-0.15, -0.1) is 0 Å². The maximum Gasteiger partial charge on any atom is 0.416 e. The number of anilines is 1. The molecule has 1 atom stereocenters. The number of benzene rings is 1. The molecule has 1 unspecified atom stereocenters. The van der Waals surface area contributed by atoms with Gasteiger partial charge in [0.25, 0.3) is 0 Å². The molecule has 19 heavy (non-hydrogen) atoms. The summed E-state index contributed by atoms with van der Waals surface area (Å²) < 4.78 is 38.1. The molecule has 3 N–H and O–H groups in total. The highest BCUT2D eigenvalue weighted by atomic mass is 19.4. The summed E-state index contributed by atoms with van der Waals surface area (Å²) in [4.78, 5) is 12.2. The van der Waals surface area contributed by atoms with Crippen LogP contribution >= 0.6 is 0 Å². The van der Waals surface area contributed by atoms with Crippen LogP contribution in [0.5, 0.6) is 0 Å². The minimum Gasteiger partial charge on any atom is -0.465 e. The third-order valence-corrected chi connectivity index (χ3v) is 3.19. The standard InChI is InChI=1S/C12H13F3N2O2/c13-12(14,15)8-4-7(5-9(16)6-8)10-2-1-3-17(10)11(18)19/h4-6,10H,1-3,16H2,(H,18,19). The number of nitrogen functional groups attached to an aromatic ring is 1. The van der Waals surface area contributed by atoms with Crippen molar-refractivity contribution in [1.82, 2.24) is 4.90 Å². The van der Waals surface area contributed by atoms with Gasteiger partial charge in [-0.2, -0.15) is 13.2 Å². The Bertz CT molecular complexity index is 502. The molecule has 2 rings (SSSR count). The van der Waals surface area contributed by atoms with Crippen LogP contribution in [0.15, 0.2) is 18.2 Å². The van der Waals surface area contributed by atoms with Crippen molar-refractivity contribution >= 4 is 11.8 Å². The molecule has 1 aliphatic heterocycles. The van der Waals surface area contributed by atoms with Crippen molar-refractivity contribution in [1.29, 1.82) is 0 Å². The molecular weight excluding hydrogens is 261 g/mol. The molecule has 0 bridgehead atoms. The summed E-state index contributed by atoms with van der Waals surface area (Å²) >= 11 is 0. The van der Waals surface area contributed by atoms with E-state index in [2.05, 4.69) is 0 Å². The summed E-state index contributed by atoms with van der Waals surface area (Å²) in [5.41, 5.74) is 4.92. The van der Waals surface area contributed by atoms with E-state index in [0.717, 1.165) is 17.0 Å². The minimum absolute atomic E-state index is 0.0120. The second-order valence-corrected chi connectivity index (χ2v) is 4.52. The molecule has 4 nitrogen and oxygen atoms in total. The number of alkyl halides is 3. The summed E-state index contributed by atoms with van der Waals surface area (Å²) in [6.45, 7) is 0.330. The van der Waals surface area contributed by atoms with Crippen molar-refractivity contribution in [3.05, 3.63) is 29.3 Å². The van der Waals surface area contributed by atoms with Crippen LogP contribution in [0.25, 0.3) is 0 Å². The van der Waals surface area contributed by atoms with Gasteiger partial charge in [-0.05, 0) is 36.6 Å². The highest BCUT2D eigenvalue weighted by molar-refractivity contribution is 5.66. The molecule has 1 aromatic carbocycles. The number of hydrogen-bond acceptors (Lipinski definition) is 2. The number of carboxylic acid groups (broad SMARTS) is 1. The van der Waals surface area contributed by atoms with E-state index in [4.69, 9.17) is 10.8 Å². The first kappa shape index (κ1) is 13.5. The zero-order valence-corrected chi connectivity index (χ0v) is 9.94. The minimum atomic E-state index is -4.49. The van der Waals surface area contributed by atoms with Gasteiger partial charge in [-0.25, -0.2) is 4.79 Å². The molecule has 0 spiro atoms. The molecule has 1 saturated heterocycles. The number of nitrogens with zero attached hydrogens (tertiary/aromatic N) is 1. The quantitative estimate of drug-likeness (QED) is 0.773. The fourth-order valence-electron chi connectivity index (χ4n) is 2.37. The molecule has 0 radical (unpaired) electrons. The summed E-state index contributed by atoms with van der Waals surface area (Å²) in [7, 11) is 0. The van der Waals surface area contributed by atoms with Crippen LogP contribution in [0.1, 0.15) is 30.0 Å². The number of nitrogens with two attached hydrogens (primary N) is 1. The molecule has 1 amide bonds. The lowest BCUT2D eigenvalue weighted by Crippen LogP contribution is -2.29. The van der Waals surface area contributed by atoms with E-state index in [0.29, 0.717) is 24.9 Å². The maximum atomic E-state index is 12.7. The van der Waals surface area contributed by atoms with E-state index in [1.807, 2.05) is 0 Å². The number of halogens is 3. The fourth-order valence-corrected chi connectivity index (χ4v) is 2.37. The first-order valence-electron chi connectivity index (χ1n) is 5.76. The normalized spacial score (nSPS) is 19.7. The number of likely N-dealkylation sites (tertiary alicyclic amines) is 1. The van der Waals surface area contributed by atoms with Crippen LogP contribution in [0.3, 0.4) is 0 Å². The molecule has 104 valence electrons. The van der Waals surface area contributed by atoms with Gasteiger partial charge in [-0.3, -0.25) is 0 Å². The van der Waals surface area contributed by atoms with Gasteiger partial charge in [0.1, 0.15) is 0 Å². The molecule has 0 saturated carbocycles. The zero-order chi connectivity index (χ0) is 14.2. The fraction of sp³-hybridized carbons (Fsp3) is 0.417. The molecule has 1 fully saturated rings. The van der Waals surface area contributed by atoms with Crippen LogP contribution in [-0.4, -0.2) is 22.6 Å². The Morgan fingerprint density at radius 1 is 1.37 bits per heavy atom. The van der Waals surface area contributed by atoms with E-state index in [9.17, 15) is 18.0 Å². The van der Waals surface area contributed by atoms with Gasteiger partial charge < -0.3 is 15.7 Å². The predicted molar refractivity (Wildman–Crippen MR) is 62.6 cm³/mol. The van der Waals surface area contributed by atoms with Crippen molar-refractivity contribution < 1.29 is 23.1 Å². The van der Waals surface area contributed by atoms with E-state index >= 15 is 0 Å². The molecule has 1 heterocycles. The lowest BCUT2D eigenvalue weighted by Gasteiger charge is -2.23. The summed E-state index contributed by atoms with van der Waals surface area (Å²) in [5, 5.41) is 9.02. The number of carbonyl (C=O) groups is 1. The smallest absolute Gasteiger partial charge is 0.416 e. The van der Waals surface area contributed by atoms with Crippen LogP contribution in [0.2, 0.25) is 0 Å². The topological polar surface area (TPSA) is 66.6 Å². The second-order valence-electron chi connectivity index (χ2n) is 4.52. The average molecular weight is 274 g/mol. The molecule has 0 aliphatic carbocycles. The first-order chi connectivity index (χ1) is 8.79. The lowest BCUT2D eigenvalue weighted by atomic mass is 10.0. The average Bonchev–Trinajstić information content (AvgIpc) is 2.75. The Morgan fingerprint density at radius 2 is 2.05 bits per heavy atom. The van der Waals surface area contributed by atoms with Crippen LogP contribution in [0.4, 0.5) is 23.7 Å². The Balaban J connectivity index is 2.40. The first-order valence-corrected chi connectivity index (χ1v) is 5.76. The van der Waals surface area contributed by atoms with E-state index in [1.54, 1.807) is 0 Å². The monoisotopic (exact) mass is 274 g/mol. The molecule has 1 aliphatic rings. The lowest BCUT2D eigenvalue weighted by molar-refractivity contribution is -0.137. The van der Waals surface area contributed by atoms with Crippen LogP contribution < -0.4 is 5.73 Å². The van der Waals surface area contributed by atoms with Crippen molar-refractivity contribution in [2.45, 2.75) is 25.1 Å². The van der Waals surface area contributed by atoms with Gasteiger partial charge in [-0.1, -0.05) is 0 Å². The zero-order valence-electron chi connectivity index (χ0n) is 9.94. The van der Waals surface area contributed by atoms with Crippen molar-refractivity contribution in [2.75, 3.05) is 12.3 Å². The van der Waals surface area contributed by atoms with E-state index in [1.165, 1.54) is 6.07 Å². The SMILES string of the molecule is Nc1cc(C2CCCN2C(=O)O)cc(C(F)(F)F)c1. The van der Waals surface area contributed by atoms with Crippen molar-refractivity contribution in [3.63, 3.8) is 0 Å². The molecule has 0 aromatic heterocycles. The van der Waals surface area contributed by atoms with Gasteiger partial charge in [0, 0.05) is 12.2 Å². The van der Waals surface area contributed by atoms with Crippen molar-refractivity contribution in [3.8, 4) is 0 Å². The Kier molecular flexibility index (Phi) is 3.30. The third-order valence-electron chi connectivity index (χ3n) is 3.19. The van der Waals surface area contributed by atoms with Gasteiger partial charge in [0.15, 0.2) is 0 Å². The Morgan fingerprint density at radius 3 is 2.63 bits per heavy atom. The number of hydrogen-bond donors (Lipinski definition) is 2. The highest BCUT2D eigenvalue weighted by Crippen LogP contribution is 2.37. The van der Waals surface area contributed by atoms with Crippen LogP contribution in [-0.2, 0) is 6.18 Å². The number of rotatable bonds is 1. The van der Waals surface area contributed by atoms with E-state index < -0.39 is 23.9 Å². The van der Waals surface area contributed by atoms with E-state index in [-0.39, 0.29) is 5.69 Å². The number of amides is 1. The van der Waals surface area contributed by atoms with Gasteiger partial charge >= 0.3 is 12.3 Å². The Labute approximate surface area is 107 Å². The third kappa shape index (κ3) is 2.74.